The molecule has 0 aromatic heterocycles. The van der Waals surface area contributed by atoms with Crippen LogP contribution >= 0.6 is 0 Å². The van der Waals surface area contributed by atoms with Gasteiger partial charge in [0.25, 0.3) is 0 Å². The minimum Gasteiger partial charge on any atom is -0.855 e. The molecule has 0 aliphatic heterocycles. The average Bonchev–Trinajstić information content (AvgIpc) is 1.39. The molecule has 0 aromatic rings. The fourth-order valence-corrected chi connectivity index (χ4v) is 0. The predicted molar refractivity (Wildman–Crippen MR) is 26.8 cm³/mol. The maximum absolute atomic E-state index is 8.93. The summed E-state index contributed by atoms with van der Waals surface area (Å²) in [6, 6.07) is 0. The van der Waals surface area contributed by atoms with Gasteiger partial charge in [-0.25, -0.2) is 0 Å². The van der Waals surface area contributed by atoms with Gasteiger partial charge in [-0.05, 0) is 0 Å². The molecule has 0 atom stereocenters. The van der Waals surface area contributed by atoms with Crippen molar-refractivity contribution < 1.29 is 10.2 Å². The Morgan fingerprint density at radius 1 is 1.00 bits per heavy atom. The quantitative estimate of drug-likeness (QED) is 0.448. The molecule has 0 N–H and O–H groups in total. The van der Waals surface area contributed by atoms with E-state index in [9.17, 15) is 0 Å². The summed E-state index contributed by atoms with van der Waals surface area (Å²) in [6.45, 7) is 3.14. The zero-order chi connectivity index (χ0) is 5.41. The van der Waals surface area contributed by atoms with Crippen LogP contribution in [-0.2, 0) is 0 Å². The van der Waals surface area contributed by atoms with Crippen LogP contribution < -0.4 is 10.2 Å². The molecule has 0 heterocycles. The molecule has 0 saturated carbocycles. The maximum Gasteiger partial charge on any atom is 2.00 e. The van der Waals surface area contributed by atoms with Crippen LogP contribution in [0, 0.1) is 0 Å². The molecule has 7 heavy (non-hydrogen) atoms. The topological polar surface area (TPSA) is 46.1 Å². The molecule has 0 aromatic carbocycles. The second-order valence-electron chi connectivity index (χ2n) is 0.577. The van der Waals surface area contributed by atoms with Crippen LogP contribution in [-0.4, -0.2) is 37.1 Å². The van der Waals surface area contributed by atoms with Gasteiger partial charge < -0.3 is 10.2 Å². The Balaban J connectivity index is -0.0000000400. The first-order valence-electron chi connectivity index (χ1n) is 1.99. The van der Waals surface area contributed by atoms with Gasteiger partial charge in [0.1, 0.15) is 0 Å². The van der Waals surface area contributed by atoms with Crippen molar-refractivity contribution in [3.05, 3.63) is 0 Å². The van der Waals surface area contributed by atoms with E-state index in [4.69, 9.17) is 10.2 Å². The molecule has 0 aliphatic carbocycles. The van der Waals surface area contributed by atoms with Crippen molar-refractivity contribution in [1.82, 2.24) is 0 Å². The third-order valence-corrected chi connectivity index (χ3v) is 0. The molecular weight excluding hydrogens is 199 g/mol. The van der Waals surface area contributed by atoms with Gasteiger partial charge in [-0.1, -0.05) is 13.8 Å². The van der Waals surface area contributed by atoms with Crippen molar-refractivity contribution in [2.45, 2.75) is 13.8 Å². The molecule has 0 saturated heterocycles. The molecule has 0 fully saturated rings. The van der Waals surface area contributed by atoms with E-state index in [2.05, 4.69) is 0 Å². The normalized spacial score (nSPS) is 5.14. The molecule has 0 bridgehead atoms. The van der Waals surface area contributed by atoms with E-state index in [0.29, 0.717) is 0 Å². The molecule has 2 radical (unpaired) electrons. The van der Waals surface area contributed by atoms with Gasteiger partial charge >= 0.3 is 23.9 Å². The summed E-state index contributed by atoms with van der Waals surface area (Å²) in [5, 5.41) is 17.9. The van der Waals surface area contributed by atoms with E-state index in [1.54, 1.807) is 13.8 Å². The first-order chi connectivity index (χ1) is 2.83. The Bertz CT molecular complexity index is 11.7. The molecule has 0 spiro atoms. The molecular formula is C4H10O2Sn. The molecule has 0 aliphatic rings. The predicted octanol–water partition coefficient (Wildman–Crippen LogP) is -1.65. The second-order valence-corrected chi connectivity index (χ2v) is 0.577. The van der Waals surface area contributed by atoms with Gasteiger partial charge in [0.05, 0.1) is 0 Å². The summed E-state index contributed by atoms with van der Waals surface area (Å²) in [6.07, 6.45) is 0. The zero-order valence-electron chi connectivity index (χ0n) is 4.73. The summed E-state index contributed by atoms with van der Waals surface area (Å²) < 4.78 is 0. The standard InChI is InChI=1S/2C2H5O.Sn/c2*1-2-3;/h2*2H2,1H3;/q2*-1;+2. The van der Waals surface area contributed by atoms with E-state index < -0.39 is 0 Å². The fourth-order valence-electron chi connectivity index (χ4n) is 0. The fraction of sp³-hybridized carbons (Fsp3) is 1.00. The van der Waals surface area contributed by atoms with Crippen LogP contribution in [0.15, 0.2) is 0 Å². The van der Waals surface area contributed by atoms with Gasteiger partial charge in [0.15, 0.2) is 0 Å². The Hall–Kier alpha value is 0.719. The van der Waals surface area contributed by atoms with Gasteiger partial charge in [0, 0.05) is 0 Å². The van der Waals surface area contributed by atoms with E-state index >= 15 is 0 Å². The van der Waals surface area contributed by atoms with E-state index in [1.165, 1.54) is 0 Å². The Labute approximate surface area is 61.5 Å². The summed E-state index contributed by atoms with van der Waals surface area (Å²) in [7, 11) is 0. The van der Waals surface area contributed by atoms with Crippen molar-refractivity contribution in [2.75, 3.05) is 13.2 Å². The van der Waals surface area contributed by atoms with Crippen LogP contribution in [0.25, 0.3) is 0 Å². The van der Waals surface area contributed by atoms with Crippen LogP contribution in [0.3, 0.4) is 0 Å². The van der Waals surface area contributed by atoms with Gasteiger partial charge in [-0.2, -0.15) is 0 Å². The number of hydrogen-bond acceptors (Lipinski definition) is 2. The first-order valence-corrected chi connectivity index (χ1v) is 1.99. The minimum absolute atomic E-state index is 0. The van der Waals surface area contributed by atoms with Crippen LogP contribution in [0.5, 0.6) is 0 Å². The van der Waals surface area contributed by atoms with Crippen molar-refractivity contribution in [2.24, 2.45) is 0 Å². The molecule has 0 rings (SSSR count). The van der Waals surface area contributed by atoms with Crippen molar-refractivity contribution in [3.8, 4) is 0 Å². The minimum atomic E-state index is 0. The van der Waals surface area contributed by atoms with Crippen molar-refractivity contribution >= 4 is 23.9 Å². The largest absolute Gasteiger partial charge is 2.00 e. The van der Waals surface area contributed by atoms with Crippen LogP contribution in [0.2, 0.25) is 0 Å². The Morgan fingerprint density at radius 2 is 1.00 bits per heavy atom. The van der Waals surface area contributed by atoms with E-state index in [0.717, 1.165) is 0 Å². The third kappa shape index (κ3) is 290. The maximum atomic E-state index is 8.93. The summed E-state index contributed by atoms with van der Waals surface area (Å²) >= 11 is 0. The average molecular weight is 209 g/mol. The van der Waals surface area contributed by atoms with Crippen LogP contribution in [0.4, 0.5) is 0 Å². The summed E-state index contributed by atoms with van der Waals surface area (Å²) in [5.74, 6) is 0. The monoisotopic (exact) mass is 210 g/mol. The van der Waals surface area contributed by atoms with E-state index in [1.807, 2.05) is 0 Å². The summed E-state index contributed by atoms with van der Waals surface area (Å²) in [5.41, 5.74) is 0. The zero-order valence-corrected chi connectivity index (χ0v) is 7.58. The first kappa shape index (κ1) is 15.6. The molecule has 3 heteroatoms. The Morgan fingerprint density at radius 3 is 1.00 bits per heavy atom. The number of hydrogen-bond donors (Lipinski definition) is 0. The van der Waals surface area contributed by atoms with Gasteiger partial charge in [0.2, 0.25) is 0 Å². The smallest absolute Gasteiger partial charge is 0.855 e. The second kappa shape index (κ2) is 29.7. The number of rotatable bonds is 0. The molecule has 0 amide bonds. The van der Waals surface area contributed by atoms with Gasteiger partial charge in [-0.15, -0.1) is 13.2 Å². The summed E-state index contributed by atoms with van der Waals surface area (Å²) in [4.78, 5) is 0. The Kier molecular flexibility index (Phi) is 66.5. The van der Waals surface area contributed by atoms with Crippen molar-refractivity contribution in [3.63, 3.8) is 0 Å². The SMILES string of the molecule is CC[O-].CC[O-].[Sn+2]. The van der Waals surface area contributed by atoms with E-state index in [-0.39, 0.29) is 37.1 Å². The van der Waals surface area contributed by atoms with Gasteiger partial charge in [-0.3, -0.25) is 0 Å². The molecule has 2 nitrogen and oxygen atoms in total. The van der Waals surface area contributed by atoms with Crippen molar-refractivity contribution in [1.29, 1.82) is 0 Å². The van der Waals surface area contributed by atoms with Crippen LogP contribution in [0.1, 0.15) is 13.8 Å². The molecule has 42 valence electrons. The molecule has 0 unspecified atom stereocenters. The third-order valence-electron chi connectivity index (χ3n) is 0.